The third-order valence-electron chi connectivity index (χ3n) is 3.84. The summed E-state index contributed by atoms with van der Waals surface area (Å²) in [6.45, 7) is 2.35. The zero-order valence-electron chi connectivity index (χ0n) is 10.6. The maximum Gasteiger partial charge on any atom is 0.0320 e. The Morgan fingerprint density at radius 2 is 2.00 bits per heavy atom. The molecule has 1 saturated carbocycles. The third-order valence-corrected chi connectivity index (χ3v) is 7.25. The van der Waals surface area contributed by atoms with Gasteiger partial charge in [-0.25, -0.2) is 0 Å². The molecule has 1 heterocycles. The van der Waals surface area contributed by atoms with Crippen LogP contribution >= 0.6 is 23.5 Å². The Bertz CT molecular complexity index is 206. The summed E-state index contributed by atoms with van der Waals surface area (Å²) >= 11 is 4.42. The van der Waals surface area contributed by atoms with E-state index in [-0.39, 0.29) is 0 Å². The van der Waals surface area contributed by atoms with Crippen molar-refractivity contribution in [3.8, 4) is 0 Å². The second-order valence-electron chi connectivity index (χ2n) is 5.07. The molecule has 1 N–H and O–H groups in total. The van der Waals surface area contributed by atoms with Gasteiger partial charge in [-0.2, -0.15) is 23.5 Å². The quantitative estimate of drug-likeness (QED) is 0.785. The fourth-order valence-electron chi connectivity index (χ4n) is 2.61. The first-order valence-electron chi connectivity index (χ1n) is 6.75. The molecule has 0 aromatic heterocycles. The van der Waals surface area contributed by atoms with Gasteiger partial charge >= 0.3 is 0 Å². The van der Waals surface area contributed by atoms with E-state index in [4.69, 9.17) is 0 Å². The lowest BCUT2D eigenvalue weighted by Crippen LogP contribution is -2.43. The molecule has 1 aliphatic heterocycles. The molecule has 1 aliphatic carbocycles. The van der Waals surface area contributed by atoms with Crippen molar-refractivity contribution in [1.29, 1.82) is 0 Å². The fraction of sp³-hybridized carbons (Fsp3) is 1.00. The van der Waals surface area contributed by atoms with E-state index in [0.717, 1.165) is 22.5 Å². The van der Waals surface area contributed by atoms with Crippen LogP contribution in [0, 0.1) is 5.92 Å². The van der Waals surface area contributed by atoms with Crippen molar-refractivity contribution >= 4 is 23.5 Å². The van der Waals surface area contributed by atoms with Gasteiger partial charge in [-0.3, -0.25) is 0 Å². The second kappa shape index (κ2) is 6.55. The Labute approximate surface area is 109 Å². The van der Waals surface area contributed by atoms with Crippen molar-refractivity contribution < 1.29 is 0 Å². The number of nitrogens with one attached hydrogen (secondary N) is 1. The average molecular weight is 259 g/mol. The Morgan fingerprint density at radius 1 is 1.25 bits per heavy atom. The van der Waals surface area contributed by atoms with Gasteiger partial charge in [0.25, 0.3) is 0 Å². The molecule has 2 aliphatic rings. The monoisotopic (exact) mass is 259 g/mol. The van der Waals surface area contributed by atoms with Crippen LogP contribution in [0.1, 0.15) is 39.0 Å². The lowest BCUT2D eigenvalue weighted by atomic mass is 10.0. The van der Waals surface area contributed by atoms with Crippen LogP contribution in [0.2, 0.25) is 0 Å². The summed E-state index contributed by atoms with van der Waals surface area (Å²) < 4.78 is 0. The van der Waals surface area contributed by atoms with Crippen molar-refractivity contribution in [2.24, 2.45) is 5.92 Å². The van der Waals surface area contributed by atoms with Crippen LogP contribution in [-0.4, -0.2) is 35.1 Å². The van der Waals surface area contributed by atoms with Crippen molar-refractivity contribution in [2.45, 2.75) is 55.6 Å². The standard InChI is InChI=1S/C13H25NS2/c1-3-12-13(16-9-8-15-12)11(14-2)7-6-10-4-5-10/h10-14H,3-9H2,1-2H3. The van der Waals surface area contributed by atoms with E-state index in [1.54, 1.807) is 0 Å². The molecule has 0 radical (unpaired) electrons. The summed E-state index contributed by atoms with van der Waals surface area (Å²) in [5.74, 6) is 3.80. The predicted octanol–water partition coefficient (Wildman–Crippen LogP) is 3.39. The van der Waals surface area contributed by atoms with Crippen molar-refractivity contribution in [2.75, 3.05) is 18.6 Å². The van der Waals surface area contributed by atoms with Gasteiger partial charge < -0.3 is 5.32 Å². The molecule has 1 saturated heterocycles. The van der Waals surface area contributed by atoms with Gasteiger partial charge in [0, 0.05) is 28.0 Å². The molecule has 3 unspecified atom stereocenters. The van der Waals surface area contributed by atoms with Gasteiger partial charge in [0.2, 0.25) is 0 Å². The lowest BCUT2D eigenvalue weighted by Gasteiger charge is -2.36. The van der Waals surface area contributed by atoms with E-state index in [2.05, 4.69) is 42.8 Å². The Kier molecular flexibility index (Phi) is 5.37. The van der Waals surface area contributed by atoms with Gasteiger partial charge in [-0.15, -0.1) is 0 Å². The first-order valence-corrected chi connectivity index (χ1v) is 8.85. The second-order valence-corrected chi connectivity index (χ2v) is 7.70. The SMILES string of the molecule is CCC1SCCSC1C(CCC1CC1)NC. The molecule has 0 aromatic rings. The van der Waals surface area contributed by atoms with Crippen LogP contribution in [-0.2, 0) is 0 Å². The summed E-state index contributed by atoms with van der Waals surface area (Å²) in [6.07, 6.45) is 7.20. The molecule has 2 fully saturated rings. The van der Waals surface area contributed by atoms with Gasteiger partial charge in [0.05, 0.1) is 0 Å². The average Bonchev–Trinajstić information content (AvgIpc) is 3.14. The summed E-state index contributed by atoms with van der Waals surface area (Å²) in [4.78, 5) is 0. The Morgan fingerprint density at radius 3 is 2.62 bits per heavy atom. The minimum absolute atomic E-state index is 0.753. The zero-order chi connectivity index (χ0) is 11.4. The molecule has 0 spiro atoms. The molecule has 0 aromatic carbocycles. The molecular weight excluding hydrogens is 234 g/mol. The lowest BCUT2D eigenvalue weighted by molar-refractivity contribution is 0.461. The maximum atomic E-state index is 3.59. The number of hydrogen-bond donors (Lipinski definition) is 1. The highest BCUT2D eigenvalue weighted by molar-refractivity contribution is 8.07. The van der Waals surface area contributed by atoms with E-state index in [1.807, 2.05) is 0 Å². The normalized spacial score (nSPS) is 32.6. The Hall–Kier alpha value is 0.660. The van der Waals surface area contributed by atoms with E-state index in [1.165, 1.54) is 43.6 Å². The molecule has 94 valence electrons. The first kappa shape index (κ1) is 13.1. The highest BCUT2D eigenvalue weighted by Gasteiger charge is 2.32. The highest BCUT2D eigenvalue weighted by Crippen LogP contribution is 2.39. The summed E-state index contributed by atoms with van der Waals surface area (Å²) in [6, 6.07) is 0.753. The van der Waals surface area contributed by atoms with Gasteiger partial charge in [-0.05, 0) is 32.2 Å². The summed E-state index contributed by atoms with van der Waals surface area (Å²) in [5, 5.41) is 5.32. The van der Waals surface area contributed by atoms with Crippen molar-refractivity contribution in [3.63, 3.8) is 0 Å². The van der Waals surface area contributed by atoms with Crippen LogP contribution in [0.5, 0.6) is 0 Å². The van der Waals surface area contributed by atoms with Gasteiger partial charge in [-0.1, -0.05) is 19.8 Å². The van der Waals surface area contributed by atoms with Crippen LogP contribution in [0.3, 0.4) is 0 Å². The van der Waals surface area contributed by atoms with Crippen LogP contribution in [0.4, 0.5) is 0 Å². The molecule has 1 nitrogen and oxygen atoms in total. The minimum Gasteiger partial charge on any atom is -0.316 e. The molecule has 16 heavy (non-hydrogen) atoms. The topological polar surface area (TPSA) is 12.0 Å². The van der Waals surface area contributed by atoms with Crippen molar-refractivity contribution in [3.05, 3.63) is 0 Å². The van der Waals surface area contributed by atoms with Gasteiger partial charge in [0.15, 0.2) is 0 Å². The number of thioether (sulfide) groups is 2. The fourth-order valence-corrected chi connectivity index (χ4v) is 5.95. The molecule has 3 heteroatoms. The predicted molar refractivity (Wildman–Crippen MR) is 77.6 cm³/mol. The largest absolute Gasteiger partial charge is 0.316 e. The molecule has 0 amide bonds. The van der Waals surface area contributed by atoms with E-state index in [9.17, 15) is 0 Å². The Balaban J connectivity index is 1.83. The number of rotatable bonds is 6. The minimum atomic E-state index is 0.753. The molecule has 0 bridgehead atoms. The molecular formula is C13H25NS2. The smallest absolute Gasteiger partial charge is 0.0320 e. The summed E-state index contributed by atoms with van der Waals surface area (Å²) in [7, 11) is 2.16. The summed E-state index contributed by atoms with van der Waals surface area (Å²) in [5.41, 5.74) is 0. The van der Waals surface area contributed by atoms with E-state index in [0.29, 0.717) is 0 Å². The number of hydrogen-bond acceptors (Lipinski definition) is 3. The van der Waals surface area contributed by atoms with Crippen LogP contribution in [0.15, 0.2) is 0 Å². The highest BCUT2D eigenvalue weighted by atomic mass is 32.2. The van der Waals surface area contributed by atoms with Gasteiger partial charge in [0.1, 0.15) is 0 Å². The first-order chi connectivity index (χ1) is 7.85. The maximum absolute atomic E-state index is 3.59. The van der Waals surface area contributed by atoms with Crippen LogP contribution in [0.25, 0.3) is 0 Å². The van der Waals surface area contributed by atoms with E-state index < -0.39 is 0 Å². The molecule has 3 atom stereocenters. The van der Waals surface area contributed by atoms with E-state index >= 15 is 0 Å². The van der Waals surface area contributed by atoms with Crippen molar-refractivity contribution in [1.82, 2.24) is 5.32 Å². The van der Waals surface area contributed by atoms with Crippen LogP contribution < -0.4 is 5.32 Å². The zero-order valence-corrected chi connectivity index (χ0v) is 12.2. The molecule has 2 rings (SSSR count). The third kappa shape index (κ3) is 3.58.